The van der Waals surface area contributed by atoms with E-state index in [0.29, 0.717) is 0 Å². The Bertz CT molecular complexity index is 290. The Morgan fingerprint density at radius 1 is 1.19 bits per heavy atom. The lowest BCUT2D eigenvalue weighted by Gasteiger charge is -2.26. The van der Waals surface area contributed by atoms with Crippen molar-refractivity contribution in [2.24, 2.45) is 5.92 Å². The van der Waals surface area contributed by atoms with E-state index in [1.54, 1.807) is 0 Å². The van der Waals surface area contributed by atoms with Crippen molar-refractivity contribution in [3.63, 3.8) is 0 Å². The van der Waals surface area contributed by atoms with Gasteiger partial charge in [-0.1, -0.05) is 64.4 Å². The summed E-state index contributed by atoms with van der Waals surface area (Å²) in [5, 5.41) is 3.57. The summed E-state index contributed by atoms with van der Waals surface area (Å²) in [5.41, 5.74) is 1.63. The summed E-state index contributed by atoms with van der Waals surface area (Å²) in [6.45, 7) is 11.3. The van der Waals surface area contributed by atoms with Crippen molar-refractivity contribution in [2.45, 2.75) is 39.5 Å². The highest BCUT2D eigenvalue weighted by molar-refractivity contribution is 5.23. The molecule has 0 aromatic heterocycles. The van der Waals surface area contributed by atoms with Crippen molar-refractivity contribution in [2.75, 3.05) is 13.1 Å². The molecule has 1 nitrogen and oxygen atoms in total. The molecule has 1 N–H and O–H groups in total. The molecule has 1 aromatic rings. The summed E-state index contributed by atoms with van der Waals surface area (Å²) < 4.78 is 0. The zero-order valence-corrected chi connectivity index (χ0v) is 11.1. The summed E-state index contributed by atoms with van der Waals surface area (Å²) >= 11 is 0. The van der Waals surface area contributed by atoms with Gasteiger partial charge in [0, 0.05) is 12.0 Å². The molecule has 1 atom stereocenters. The van der Waals surface area contributed by atoms with E-state index in [-0.39, 0.29) is 5.41 Å². The molecule has 0 radical (unpaired) electrons. The van der Waals surface area contributed by atoms with Crippen LogP contribution >= 0.6 is 0 Å². The van der Waals surface area contributed by atoms with Crippen LogP contribution in [0.1, 0.15) is 39.7 Å². The number of hydrogen-bond donors (Lipinski definition) is 1. The van der Waals surface area contributed by atoms with E-state index in [9.17, 15) is 0 Å². The van der Waals surface area contributed by atoms with Crippen LogP contribution in [0.25, 0.3) is 0 Å². The van der Waals surface area contributed by atoms with Gasteiger partial charge in [0.1, 0.15) is 0 Å². The molecule has 0 amide bonds. The number of nitrogens with one attached hydrogen (secondary N) is 1. The second-order valence-electron chi connectivity index (χ2n) is 5.39. The fraction of sp³-hybridized carbons (Fsp3) is 0.600. The van der Waals surface area contributed by atoms with Gasteiger partial charge in [0.25, 0.3) is 0 Å². The van der Waals surface area contributed by atoms with E-state index in [2.05, 4.69) is 63.3 Å². The highest BCUT2D eigenvalue weighted by Gasteiger charge is 2.19. The Kier molecular flexibility index (Phi) is 5.01. The van der Waals surface area contributed by atoms with Gasteiger partial charge in [0.15, 0.2) is 0 Å². The maximum atomic E-state index is 3.57. The van der Waals surface area contributed by atoms with Gasteiger partial charge in [-0.25, -0.2) is 0 Å². The van der Waals surface area contributed by atoms with E-state index < -0.39 is 0 Å². The highest BCUT2D eigenvalue weighted by atomic mass is 14.9. The van der Waals surface area contributed by atoms with Crippen molar-refractivity contribution in [1.29, 1.82) is 0 Å². The normalized spacial score (nSPS) is 13.8. The van der Waals surface area contributed by atoms with Crippen molar-refractivity contribution in [3.05, 3.63) is 35.9 Å². The van der Waals surface area contributed by atoms with Gasteiger partial charge in [-0.2, -0.15) is 0 Å². The fourth-order valence-corrected chi connectivity index (χ4v) is 1.77. The van der Waals surface area contributed by atoms with Crippen molar-refractivity contribution >= 4 is 0 Å². The van der Waals surface area contributed by atoms with Gasteiger partial charge >= 0.3 is 0 Å². The lowest BCUT2D eigenvalue weighted by atomic mass is 9.84. The van der Waals surface area contributed by atoms with E-state index in [4.69, 9.17) is 0 Å². The van der Waals surface area contributed by atoms with Gasteiger partial charge < -0.3 is 5.32 Å². The van der Waals surface area contributed by atoms with Crippen molar-refractivity contribution < 1.29 is 0 Å². The maximum Gasteiger partial charge on any atom is 0.00432 e. The lowest BCUT2D eigenvalue weighted by Crippen LogP contribution is -2.35. The zero-order valence-electron chi connectivity index (χ0n) is 11.1. The summed E-state index contributed by atoms with van der Waals surface area (Å²) in [6, 6.07) is 10.7. The van der Waals surface area contributed by atoms with Crippen LogP contribution in [-0.4, -0.2) is 13.1 Å². The first-order chi connectivity index (χ1) is 7.56. The second-order valence-corrected chi connectivity index (χ2v) is 5.39. The number of benzene rings is 1. The summed E-state index contributed by atoms with van der Waals surface area (Å²) in [4.78, 5) is 0. The quantitative estimate of drug-likeness (QED) is 0.771. The van der Waals surface area contributed by atoms with Crippen LogP contribution in [0.5, 0.6) is 0 Å². The van der Waals surface area contributed by atoms with Gasteiger partial charge in [-0.05, 0) is 18.0 Å². The molecule has 90 valence electrons. The van der Waals surface area contributed by atoms with Crippen molar-refractivity contribution in [1.82, 2.24) is 5.32 Å². The molecule has 0 bridgehead atoms. The van der Waals surface area contributed by atoms with Crippen LogP contribution in [0, 0.1) is 5.92 Å². The van der Waals surface area contributed by atoms with E-state index in [0.717, 1.165) is 19.0 Å². The molecule has 0 aliphatic carbocycles. The Morgan fingerprint density at radius 2 is 1.81 bits per heavy atom. The van der Waals surface area contributed by atoms with Crippen LogP contribution < -0.4 is 5.32 Å². The Hall–Kier alpha value is -0.820. The average Bonchev–Trinajstić information content (AvgIpc) is 2.30. The van der Waals surface area contributed by atoms with Crippen LogP contribution in [0.3, 0.4) is 0 Å². The second kappa shape index (κ2) is 6.05. The van der Waals surface area contributed by atoms with E-state index >= 15 is 0 Å². The average molecular weight is 219 g/mol. The zero-order chi connectivity index (χ0) is 12.0. The third kappa shape index (κ3) is 3.97. The predicted molar refractivity (Wildman–Crippen MR) is 71.8 cm³/mol. The molecular weight excluding hydrogens is 194 g/mol. The third-order valence-electron chi connectivity index (χ3n) is 3.31. The van der Waals surface area contributed by atoms with Gasteiger partial charge in [-0.15, -0.1) is 0 Å². The summed E-state index contributed by atoms with van der Waals surface area (Å²) in [5.74, 6) is 0.770. The first kappa shape index (κ1) is 13.2. The molecule has 1 unspecified atom stereocenters. The molecule has 0 fully saturated rings. The number of rotatable bonds is 6. The summed E-state index contributed by atoms with van der Waals surface area (Å²) in [6.07, 6.45) is 1.25. The van der Waals surface area contributed by atoms with Crippen LogP contribution in [0.15, 0.2) is 30.3 Å². The molecule has 0 aliphatic rings. The molecule has 1 heteroatoms. The first-order valence-electron chi connectivity index (χ1n) is 6.32. The minimum absolute atomic E-state index is 0.217. The molecule has 0 heterocycles. The number of hydrogen-bond acceptors (Lipinski definition) is 1. The molecule has 1 rings (SSSR count). The van der Waals surface area contributed by atoms with E-state index in [1.807, 2.05) is 0 Å². The van der Waals surface area contributed by atoms with Crippen LogP contribution in [0.2, 0.25) is 0 Å². The third-order valence-corrected chi connectivity index (χ3v) is 3.31. The smallest absolute Gasteiger partial charge is 0.00432 e. The molecule has 0 saturated carbocycles. The largest absolute Gasteiger partial charge is 0.316 e. The van der Waals surface area contributed by atoms with Gasteiger partial charge in [-0.3, -0.25) is 0 Å². The van der Waals surface area contributed by atoms with Gasteiger partial charge in [0.2, 0.25) is 0 Å². The minimum atomic E-state index is 0.217. The van der Waals surface area contributed by atoms with Crippen LogP contribution in [0.4, 0.5) is 0 Å². The Balaban J connectivity index is 2.46. The maximum absolute atomic E-state index is 3.57. The molecular formula is C15H25N. The van der Waals surface area contributed by atoms with Crippen molar-refractivity contribution in [3.8, 4) is 0 Å². The monoisotopic (exact) mass is 219 g/mol. The Morgan fingerprint density at radius 3 is 2.38 bits per heavy atom. The van der Waals surface area contributed by atoms with E-state index in [1.165, 1.54) is 12.0 Å². The minimum Gasteiger partial charge on any atom is -0.316 e. The molecule has 0 spiro atoms. The molecule has 0 aliphatic heterocycles. The fourth-order valence-electron chi connectivity index (χ4n) is 1.77. The van der Waals surface area contributed by atoms with Crippen LogP contribution in [-0.2, 0) is 5.41 Å². The predicted octanol–water partition coefficient (Wildman–Crippen LogP) is 3.60. The van der Waals surface area contributed by atoms with Gasteiger partial charge in [0.05, 0.1) is 0 Å². The molecule has 1 aromatic carbocycles. The standard InChI is InChI=1S/C15H25N/c1-5-13(2)11-16-12-15(3,4)14-9-7-6-8-10-14/h6-10,13,16H,5,11-12H2,1-4H3. The molecule has 16 heavy (non-hydrogen) atoms. The topological polar surface area (TPSA) is 12.0 Å². The first-order valence-corrected chi connectivity index (χ1v) is 6.32. The molecule has 0 saturated heterocycles. The SMILES string of the molecule is CCC(C)CNCC(C)(C)c1ccccc1. The summed E-state index contributed by atoms with van der Waals surface area (Å²) in [7, 11) is 0. The highest BCUT2D eigenvalue weighted by Crippen LogP contribution is 2.21. The Labute approximate surface area is 100 Å². The lowest BCUT2D eigenvalue weighted by molar-refractivity contribution is 0.426.